The van der Waals surface area contributed by atoms with Crippen molar-refractivity contribution >= 4 is 0 Å². The molecular weight excluding hydrogens is 220 g/mol. The smallest absolute Gasteiger partial charge is 0.0674 e. The van der Waals surface area contributed by atoms with E-state index in [1.807, 2.05) is 0 Å². The highest BCUT2D eigenvalue weighted by Crippen LogP contribution is 2.43. The van der Waals surface area contributed by atoms with E-state index in [9.17, 15) is 5.11 Å². The molecule has 1 nitrogen and oxygen atoms in total. The second-order valence-electron chi connectivity index (χ2n) is 6.89. The fourth-order valence-electron chi connectivity index (χ4n) is 2.85. The van der Waals surface area contributed by atoms with Gasteiger partial charge >= 0.3 is 0 Å². The van der Waals surface area contributed by atoms with E-state index in [0.717, 1.165) is 18.4 Å². The van der Waals surface area contributed by atoms with Crippen LogP contribution in [0.15, 0.2) is 36.4 Å². The van der Waals surface area contributed by atoms with Gasteiger partial charge in [-0.15, -0.1) is 0 Å². The van der Waals surface area contributed by atoms with Crippen molar-refractivity contribution in [3.8, 4) is 0 Å². The molecule has 1 aromatic rings. The maximum absolute atomic E-state index is 10.2. The number of hydrogen-bond donors (Lipinski definition) is 1. The molecule has 0 saturated heterocycles. The molecule has 1 aliphatic carbocycles. The molecule has 0 bridgehead atoms. The lowest BCUT2D eigenvalue weighted by atomic mass is 9.77. The summed E-state index contributed by atoms with van der Waals surface area (Å²) < 4.78 is 0. The monoisotopic (exact) mass is 244 g/mol. The number of aliphatic hydroxyl groups is 1. The van der Waals surface area contributed by atoms with Crippen molar-refractivity contribution in [3.05, 3.63) is 47.5 Å². The van der Waals surface area contributed by atoms with E-state index in [4.69, 9.17) is 0 Å². The van der Waals surface area contributed by atoms with Gasteiger partial charge in [-0.3, -0.25) is 0 Å². The zero-order chi connectivity index (χ0) is 13.6. The number of rotatable bonds is 1. The van der Waals surface area contributed by atoms with Crippen molar-refractivity contribution in [1.29, 1.82) is 0 Å². The highest BCUT2D eigenvalue weighted by molar-refractivity contribution is 5.36. The molecule has 2 atom stereocenters. The molecule has 0 aliphatic heterocycles. The Hall–Kier alpha value is -1.08. The highest BCUT2D eigenvalue weighted by atomic mass is 16.3. The van der Waals surface area contributed by atoms with Gasteiger partial charge in [0.1, 0.15) is 0 Å². The van der Waals surface area contributed by atoms with Crippen LogP contribution in [0.4, 0.5) is 0 Å². The number of hydrogen-bond acceptors (Lipinski definition) is 1. The van der Waals surface area contributed by atoms with Gasteiger partial charge < -0.3 is 5.11 Å². The predicted molar refractivity (Wildman–Crippen MR) is 76.9 cm³/mol. The van der Waals surface area contributed by atoms with E-state index in [0.29, 0.717) is 0 Å². The lowest BCUT2D eigenvalue weighted by Crippen LogP contribution is -2.31. The van der Waals surface area contributed by atoms with Gasteiger partial charge in [-0.05, 0) is 29.4 Å². The van der Waals surface area contributed by atoms with Gasteiger partial charge in [0.15, 0.2) is 0 Å². The molecule has 0 aromatic heterocycles. The van der Waals surface area contributed by atoms with E-state index in [-0.39, 0.29) is 16.9 Å². The maximum atomic E-state index is 10.2. The molecule has 1 aliphatic rings. The van der Waals surface area contributed by atoms with Crippen LogP contribution < -0.4 is 0 Å². The largest absolute Gasteiger partial charge is 0.392 e. The maximum Gasteiger partial charge on any atom is 0.0674 e. The number of aliphatic hydroxyl groups excluding tert-OH is 1. The lowest BCUT2D eigenvalue weighted by Gasteiger charge is -2.29. The third-order valence-electron chi connectivity index (χ3n) is 4.25. The summed E-state index contributed by atoms with van der Waals surface area (Å²) in [5.41, 5.74) is 3.73. The normalized spacial score (nSPS) is 28.7. The zero-order valence-corrected chi connectivity index (χ0v) is 12.0. The number of benzene rings is 1. The molecular formula is C17H24O. The molecule has 1 N–H and O–H groups in total. The summed E-state index contributed by atoms with van der Waals surface area (Å²) >= 11 is 0. The molecule has 18 heavy (non-hydrogen) atoms. The van der Waals surface area contributed by atoms with Gasteiger partial charge in [-0.2, -0.15) is 0 Å². The van der Waals surface area contributed by atoms with E-state index in [2.05, 4.69) is 58.5 Å². The van der Waals surface area contributed by atoms with E-state index >= 15 is 0 Å². The summed E-state index contributed by atoms with van der Waals surface area (Å²) in [5, 5.41) is 10.2. The highest BCUT2D eigenvalue weighted by Gasteiger charge is 2.40. The van der Waals surface area contributed by atoms with Gasteiger partial charge in [-0.25, -0.2) is 0 Å². The SMILES string of the molecule is C=C1CC(O)C(C)(c2ccc(C(C)(C)C)cc2)C1. The molecule has 2 rings (SSSR count). The predicted octanol–water partition coefficient (Wildman–Crippen LogP) is 3.95. The second kappa shape index (κ2) is 4.24. The summed E-state index contributed by atoms with van der Waals surface area (Å²) in [6, 6.07) is 8.72. The second-order valence-corrected chi connectivity index (χ2v) is 6.89. The van der Waals surface area contributed by atoms with E-state index in [1.54, 1.807) is 0 Å². The minimum absolute atomic E-state index is 0.159. The molecule has 1 aromatic carbocycles. The van der Waals surface area contributed by atoms with Crippen LogP contribution in [-0.2, 0) is 10.8 Å². The minimum atomic E-state index is -0.300. The van der Waals surface area contributed by atoms with Crippen LogP contribution in [0, 0.1) is 0 Å². The van der Waals surface area contributed by atoms with Crippen LogP contribution in [-0.4, -0.2) is 11.2 Å². The molecule has 1 saturated carbocycles. The summed E-state index contributed by atoms with van der Waals surface area (Å²) in [6.45, 7) is 12.8. The zero-order valence-electron chi connectivity index (χ0n) is 12.0. The van der Waals surface area contributed by atoms with Crippen LogP contribution in [0.2, 0.25) is 0 Å². The first kappa shape index (κ1) is 13.4. The van der Waals surface area contributed by atoms with Crippen LogP contribution in [0.1, 0.15) is 51.7 Å². The lowest BCUT2D eigenvalue weighted by molar-refractivity contribution is 0.117. The van der Waals surface area contributed by atoms with Gasteiger partial charge in [0.25, 0.3) is 0 Å². The first-order chi connectivity index (χ1) is 8.23. The first-order valence-corrected chi connectivity index (χ1v) is 6.69. The van der Waals surface area contributed by atoms with Gasteiger partial charge in [-0.1, -0.05) is 64.1 Å². The molecule has 0 heterocycles. The Bertz CT molecular complexity index is 449. The Labute approximate surface area is 111 Å². The Kier molecular flexibility index (Phi) is 3.14. The van der Waals surface area contributed by atoms with Crippen molar-refractivity contribution in [2.45, 2.75) is 57.5 Å². The van der Waals surface area contributed by atoms with Gasteiger partial charge in [0.05, 0.1) is 6.10 Å². The quantitative estimate of drug-likeness (QED) is 0.742. The van der Waals surface area contributed by atoms with E-state index < -0.39 is 0 Å². The Morgan fingerprint density at radius 1 is 1.22 bits per heavy atom. The average Bonchev–Trinajstić information content (AvgIpc) is 2.53. The van der Waals surface area contributed by atoms with E-state index in [1.165, 1.54) is 11.1 Å². The third-order valence-corrected chi connectivity index (χ3v) is 4.25. The summed E-state index contributed by atoms with van der Waals surface area (Å²) in [4.78, 5) is 0. The molecule has 98 valence electrons. The summed E-state index contributed by atoms with van der Waals surface area (Å²) in [7, 11) is 0. The molecule has 1 fully saturated rings. The first-order valence-electron chi connectivity index (χ1n) is 6.69. The van der Waals surface area contributed by atoms with Gasteiger partial charge in [0.2, 0.25) is 0 Å². The van der Waals surface area contributed by atoms with Crippen LogP contribution in [0.25, 0.3) is 0 Å². The Morgan fingerprint density at radius 2 is 1.78 bits per heavy atom. The average molecular weight is 244 g/mol. The Balaban J connectivity index is 2.33. The molecule has 2 unspecified atom stereocenters. The molecule has 0 spiro atoms. The summed E-state index contributed by atoms with van der Waals surface area (Å²) in [6.07, 6.45) is 1.33. The molecule has 0 amide bonds. The van der Waals surface area contributed by atoms with Crippen LogP contribution >= 0.6 is 0 Å². The van der Waals surface area contributed by atoms with Crippen molar-refractivity contribution < 1.29 is 5.11 Å². The van der Waals surface area contributed by atoms with Crippen molar-refractivity contribution in [2.24, 2.45) is 0 Å². The topological polar surface area (TPSA) is 20.2 Å². The molecule has 0 radical (unpaired) electrons. The van der Waals surface area contributed by atoms with Crippen LogP contribution in [0.3, 0.4) is 0 Å². The third kappa shape index (κ3) is 2.24. The van der Waals surface area contributed by atoms with Crippen molar-refractivity contribution in [2.75, 3.05) is 0 Å². The fraction of sp³-hybridized carbons (Fsp3) is 0.529. The standard InChI is InChI=1S/C17H24O/c1-12-10-15(18)17(5,11-12)14-8-6-13(7-9-14)16(2,3)4/h6-9,15,18H,1,10-11H2,2-5H3. The van der Waals surface area contributed by atoms with Gasteiger partial charge in [0, 0.05) is 5.41 Å². The van der Waals surface area contributed by atoms with Crippen molar-refractivity contribution in [3.63, 3.8) is 0 Å². The fourth-order valence-corrected chi connectivity index (χ4v) is 2.85. The summed E-state index contributed by atoms with van der Waals surface area (Å²) in [5.74, 6) is 0. The minimum Gasteiger partial charge on any atom is -0.392 e. The van der Waals surface area contributed by atoms with Crippen LogP contribution in [0.5, 0.6) is 0 Å². The Morgan fingerprint density at radius 3 is 2.17 bits per heavy atom. The van der Waals surface area contributed by atoms with Crippen molar-refractivity contribution in [1.82, 2.24) is 0 Å². The molecule has 1 heteroatoms.